The Morgan fingerprint density at radius 1 is 1.48 bits per heavy atom. The molecule has 0 unspecified atom stereocenters. The highest BCUT2D eigenvalue weighted by Crippen LogP contribution is 2.25. The Morgan fingerprint density at radius 3 is 2.90 bits per heavy atom. The van der Waals surface area contributed by atoms with E-state index < -0.39 is 0 Å². The number of nitrogens with one attached hydrogen (secondary N) is 1. The van der Waals surface area contributed by atoms with Crippen molar-refractivity contribution in [1.82, 2.24) is 0 Å². The molecule has 1 aromatic rings. The normalized spacial score (nSPS) is 15.7. The third kappa shape index (κ3) is 5.13. The fraction of sp³-hybridized carbons (Fsp3) is 0.533. The van der Waals surface area contributed by atoms with Crippen molar-refractivity contribution in [3.05, 3.63) is 18.2 Å². The second-order valence-corrected chi connectivity index (χ2v) is 6.34. The number of amides is 1. The Kier molecular flexibility index (Phi) is 6.20. The minimum Gasteiger partial charge on any atom is -0.497 e. The van der Waals surface area contributed by atoms with E-state index in [4.69, 9.17) is 15.2 Å². The van der Waals surface area contributed by atoms with Gasteiger partial charge in [0.05, 0.1) is 18.5 Å². The van der Waals surface area contributed by atoms with E-state index in [9.17, 15) is 4.79 Å². The quantitative estimate of drug-likeness (QED) is 0.790. The molecule has 1 aromatic carbocycles. The number of nitrogens with two attached hydrogens (primary N) is 1. The summed E-state index contributed by atoms with van der Waals surface area (Å²) in [6.45, 7) is 1.68. The highest BCUT2D eigenvalue weighted by Gasteiger charge is 2.14. The number of carbonyl (C=O) groups excluding carboxylic acids is 1. The first-order chi connectivity index (χ1) is 10.2. The van der Waals surface area contributed by atoms with Gasteiger partial charge in [0.15, 0.2) is 0 Å². The molecule has 0 bridgehead atoms. The predicted molar refractivity (Wildman–Crippen MR) is 87.0 cm³/mol. The van der Waals surface area contributed by atoms with Gasteiger partial charge in [0.25, 0.3) is 0 Å². The van der Waals surface area contributed by atoms with Gasteiger partial charge in [0, 0.05) is 36.7 Å². The van der Waals surface area contributed by atoms with Gasteiger partial charge in [-0.1, -0.05) is 0 Å². The Morgan fingerprint density at radius 2 is 2.24 bits per heavy atom. The molecule has 6 heteroatoms. The lowest BCUT2D eigenvalue weighted by Gasteiger charge is -2.21. The van der Waals surface area contributed by atoms with E-state index in [1.54, 1.807) is 25.3 Å². The maximum Gasteiger partial charge on any atom is 0.225 e. The van der Waals surface area contributed by atoms with Gasteiger partial charge in [-0.25, -0.2) is 0 Å². The zero-order valence-electron chi connectivity index (χ0n) is 12.3. The lowest BCUT2D eigenvalue weighted by Crippen LogP contribution is -2.19. The lowest BCUT2D eigenvalue weighted by molar-refractivity contribution is -0.115. The van der Waals surface area contributed by atoms with Crippen LogP contribution in [-0.4, -0.2) is 37.2 Å². The van der Waals surface area contributed by atoms with Crippen molar-refractivity contribution in [2.75, 3.05) is 37.1 Å². The Hall–Kier alpha value is -1.40. The van der Waals surface area contributed by atoms with Crippen LogP contribution in [0.25, 0.3) is 0 Å². The molecular weight excluding hydrogens is 288 g/mol. The van der Waals surface area contributed by atoms with Gasteiger partial charge >= 0.3 is 0 Å². The zero-order chi connectivity index (χ0) is 15.1. The highest BCUT2D eigenvalue weighted by molar-refractivity contribution is 7.99. The molecule has 1 aliphatic rings. The molecule has 1 saturated heterocycles. The summed E-state index contributed by atoms with van der Waals surface area (Å²) in [6.07, 6.45) is 2.66. The van der Waals surface area contributed by atoms with Crippen molar-refractivity contribution >= 4 is 29.0 Å². The van der Waals surface area contributed by atoms with Crippen molar-refractivity contribution in [1.29, 1.82) is 0 Å². The van der Waals surface area contributed by atoms with Crippen LogP contribution in [0.5, 0.6) is 5.75 Å². The molecule has 116 valence electrons. The number of nitrogen functional groups attached to an aromatic ring is 1. The van der Waals surface area contributed by atoms with Crippen LogP contribution < -0.4 is 15.8 Å². The summed E-state index contributed by atoms with van der Waals surface area (Å²) in [4.78, 5) is 11.9. The van der Waals surface area contributed by atoms with Gasteiger partial charge in [0.1, 0.15) is 5.75 Å². The molecule has 2 rings (SSSR count). The van der Waals surface area contributed by atoms with Crippen LogP contribution in [0, 0.1) is 0 Å². The van der Waals surface area contributed by atoms with Crippen molar-refractivity contribution in [3.8, 4) is 5.75 Å². The Bertz CT molecular complexity index is 476. The molecule has 3 N–H and O–H groups in total. The second kappa shape index (κ2) is 8.14. The van der Waals surface area contributed by atoms with E-state index >= 15 is 0 Å². The number of thioether (sulfide) groups is 1. The van der Waals surface area contributed by atoms with E-state index in [0.717, 1.165) is 31.8 Å². The number of hydrogen-bond acceptors (Lipinski definition) is 5. The van der Waals surface area contributed by atoms with Gasteiger partial charge in [0.2, 0.25) is 5.91 Å². The summed E-state index contributed by atoms with van der Waals surface area (Å²) in [5.41, 5.74) is 7.03. The molecule has 1 heterocycles. The maximum absolute atomic E-state index is 11.9. The van der Waals surface area contributed by atoms with Crippen LogP contribution in [0.15, 0.2) is 18.2 Å². The van der Waals surface area contributed by atoms with Crippen molar-refractivity contribution in [3.63, 3.8) is 0 Å². The van der Waals surface area contributed by atoms with Crippen molar-refractivity contribution < 1.29 is 14.3 Å². The van der Waals surface area contributed by atoms with E-state index in [2.05, 4.69) is 5.32 Å². The molecule has 0 spiro atoms. The van der Waals surface area contributed by atoms with Crippen LogP contribution >= 0.6 is 11.8 Å². The molecular formula is C15H22N2O3S. The molecule has 0 saturated carbocycles. The van der Waals surface area contributed by atoms with Crippen molar-refractivity contribution in [2.24, 2.45) is 0 Å². The minimum atomic E-state index is -0.00794. The predicted octanol–water partition coefficient (Wildman–Crippen LogP) is 2.52. The number of anilines is 2. The minimum absolute atomic E-state index is 0.00794. The summed E-state index contributed by atoms with van der Waals surface area (Å²) in [7, 11) is 1.58. The van der Waals surface area contributed by atoms with Crippen LogP contribution in [0.3, 0.4) is 0 Å². The third-order valence-corrected chi connectivity index (χ3v) is 4.77. The summed E-state index contributed by atoms with van der Waals surface area (Å²) in [5.74, 6) is 1.50. The molecule has 21 heavy (non-hydrogen) atoms. The Labute approximate surface area is 129 Å². The first kappa shape index (κ1) is 16.0. The largest absolute Gasteiger partial charge is 0.497 e. The number of benzene rings is 1. The van der Waals surface area contributed by atoms with E-state index in [0.29, 0.717) is 28.8 Å². The fourth-order valence-corrected chi connectivity index (χ4v) is 3.32. The van der Waals surface area contributed by atoms with E-state index in [1.807, 2.05) is 11.8 Å². The van der Waals surface area contributed by atoms with Crippen LogP contribution in [0.1, 0.15) is 19.3 Å². The molecule has 0 aliphatic carbocycles. The molecule has 0 aromatic heterocycles. The first-order valence-electron chi connectivity index (χ1n) is 7.11. The monoisotopic (exact) mass is 310 g/mol. The van der Waals surface area contributed by atoms with E-state index in [1.165, 1.54) is 0 Å². The van der Waals surface area contributed by atoms with Gasteiger partial charge in [-0.05, 0) is 25.0 Å². The SMILES string of the molecule is COc1ccc(NC(=O)CCSC2CCOCC2)c(N)c1. The van der Waals surface area contributed by atoms with E-state index in [-0.39, 0.29) is 5.91 Å². The number of methoxy groups -OCH3 is 1. The molecule has 5 nitrogen and oxygen atoms in total. The molecule has 0 atom stereocenters. The standard InChI is InChI=1S/C15H22N2O3S/c1-19-11-2-3-14(13(16)10-11)17-15(18)6-9-21-12-4-7-20-8-5-12/h2-3,10,12H,4-9,16H2,1H3,(H,17,18). The number of hydrogen-bond donors (Lipinski definition) is 2. The van der Waals surface area contributed by atoms with Gasteiger partial charge in [-0.15, -0.1) is 0 Å². The summed E-state index contributed by atoms with van der Waals surface area (Å²) >= 11 is 1.85. The summed E-state index contributed by atoms with van der Waals surface area (Å²) in [6, 6.07) is 5.24. The van der Waals surface area contributed by atoms with Crippen LogP contribution in [0.2, 0.25) is 0 Å². The first-order valence-corrected chi connectivity index (χ1v) is 8.16. The van der Waals surface area contributed by atoms with Gasteiger partial charge < -0.3 is 20.5 Å². The molecule has 1 aliphatic heterocycles. The van der Waals surface area contributed by atoms with Crippen LogP contribution in [-0.2, 0) is 9.53 Å². The third-order valence-electron chi connectivity index (χ3n) is 3.38. The molecule has 1 amide bonds. The Balaban J connectivity index is 1.73. The fourth-order valence-electron chi connectivity index (χ4n) is 2.16. The highest BCUT2D eigenvalue weighted by atomic mass is 32.2. The smallest absolute Gasteiger partial charge is 0.225 e. The van der Waals surface area contributed by atoms with Gasteiger partial charge in [-0.2, -0.15) is 11.8 Å². The molecule has 1 fully saturated rings. The summed E-state index contributed by atoms with van der Waals surface area (Å²) < 4.78 is 10.4. The average molecular weight is 310 g/mol. The number of ether oxygens (including phenoxy) is 2. The zero-order valence-corrected chi connectivity index (χ0v) is 13.1. The number of carbonyl (C=O) groups is 1. The van der Waals surface area contributed by atoms with Gasteiger partial charge in [-0.3, -0.25) is 4.79 Å². The second-order valence-electron chi connectivity index (χ2n) is 4.93. The lowest BCUT2D eigenvalue weighted by atomic mass is 10.2. The van der Waals surface area contributed by atoms with Crippen molar-refractivity contribution in [2.45, 2.75) is 24.5 Å². The topological polar surface area (TPSA) is 73.6 Å². The molecule has 0 radical (unpaired) electrons. The average Bonchev–Trinajstić information content (AvgIpc) is 2.50. The van der Waals surface area contributed by atoms with Crippen LogP contribution in [0.4, 0.5) is 11.4 Å². The summed E-state index contributed by atoms with van der Waals surface area (Å²) in [5, 5.41) is 3.46. The number of rotatable bonds is 6. The maximum atomic E-state index is 11.9.